The predicted molar refractivity (Wildman–Crippen MR) is 149 cm³/mol. The Morgan fingerprint density at radius 2 is 1.53 bits per heavy atom. The molecule has 1 fully saturated rings. The van der Waals surface area contributed by atoms with Gasteiger partial charge in [0.1, 0.15) is 5.82 Å². The Bertz CT molecular complexity index is 1580. The van der Waals surface area contributed by atoms with Crippen molar-refractivity contribution in [3.63, 3.8) is 0 Å². The van der Waals surface area contributed by atoms with E-state index in [1.165, 1.54) is 17.7 Å². The lowest BCUT2D eigenvalue weighted by Gasteiger charge is -2.31. The summed E-state index contributed by atoms with van der Waals surface area (Å²) in [6, 6.07) is 32.4. The highest BCUT2D eigenvalue weighted by atomic mass is 19.1. The van der Waals surface area contributed by atoms with Crippen molar-refractivity contribution < 1.29 is 9.18 Å². The molecule has 1 saturated heterocycles. The van der Waals surface area contributed by atoms with Crippen molar-refractivity contribution in [1.82, 2.24) is 15.1 Å². The maximum Gasteiger partial charge on any atom is 0.234 e. The number of rotatable bonds is 6. The van der Waals surface area contributed by atoms with Gasteiger partial charge in [-0.2, -0.15) is 5.10 Å². The van der Waals surface area contributed by atoms with E-state index >= 15 is 0 Å². The summed E-state index contributed by atoms with van der Waals surface area (Å²) in [5.41, 5.74) is 4.12. The van der Waals surface area contributed by atoms with Crippen LogP contribution in [-0.2, 0) is 11.3 Å². The van der Waals surface area contributed by atoms with Crippen molar-refractivity contribution in [3.05, 3.63) is 126 Å². The molecule has 1 amide bonds. The third-order valence-electron chi connectivity index (χ3n) is 7.55. The van der Waals surface area contributed by atoms with Crippen molar-refractivity contribution in [1.29, 1.82) is 0 Å². The fourth-order valence-corrected chi connectivity index (χ4v) is 5.53. The van der Waals surface area contributed by atoms with E-state index in [2.05, 4.69) is 34.7 Å². The molecular formula is C32H29FN4O. The van der Waals surface area contributed by atoms with Gasteiger partial charge in [0.25, 0.3) is 0 Å². The number of amides is 1. The standard InChI is InChI=1S/C32H29FN4O/c1-32(2)30(34-20-22-9-5-3-6-10-22)29(23-11-7-4-8-12-23)36(31(32)38)27-17-18-28-24(19-27)21-35-37(28)26-15-13-25(33)14-16-26/h3-19,21,29-30,34H,20H2,1-2H3/t29-,30?/m1/s1. The molecule has 0 spiro atoms. The Morgan fingerprint density at radius 1 is 0.868 bits per heavy atom. The van der Waals surface area contributed by atoms with Crippen molar-refractivity contribution in [2.24, 2.45) is 5.41 Å². The second-order valence-electron chi connectivity index (χ2n) is 10.4. The highest BCUT2D eigenvalue weighted by Crippen LogP contribution is 2.47. The number of anilines is 1. The van der Waals surface area contributed by atoms with Crippen LogP contribution in [0.25, 0.3) is 16.6 Å². The van der Waals surface area contributed by atoms with Crippen LogP contribution in [-0.4, -0.2) is 21.7 Å². The maximum absolute atomic E-state index is 14.1. The van der Waals surface area contributed by atoms with Gasteiger partial charge in [0.2, 0.25) is 5.91 Å². The quantitative estimate of drug-likeness (QED) is 0.290. The monoisotopic (exact) mass is 504 g/mol. The van der Waals surface area contributed by atoms with E-state index < -0.39 is 5.41 Å². The van der Waals surface area contributed by atoms with Gasteiger partial charge in [0, 0.05) is 23.7 Å². The molecule has 0 saturated carbocycles. The molecule has 6 rings (SSSR count). The molecule has 5 nitrogen and oxygen atoms in total. The van der Waals surface area contributed by atoms with Crippen LogP contribution in [0.4, 0.5) is 10.1 Å². The van der Waals surface area contributed by atoms with Crippen LogP contribution in [0.3, 0.4) is 0 Å². The first-order valence-electron chi connectivity index (χ1n) is 12.8. The van der Waals surface area contributed by atoms with Crippen LogP contribution in [0.15, 0.2) is 109 Å². The van der Waals surface area contributed by atoms with Crippen LogP contribution < -0.4 is 10.2 Å². The number of aromatic nitrogens is 2. The van der Waals surface area contributed by atoms with Gasteiger partial charge in [-0.3, -0.25) is 4.79 Å². The fourth-order valence-electron chi connectivity index (χ4n) is 5.53. The van der Waals surface area contributed by atoms with Crippen LogP contribution in [0.5, 0.6) is 0 Å². The summed E-state index contributed by atoms with van der Waals surface area (Å²) >= 11 is 0. The number of benzene rings is 4. The van der Waals surface area contributed by atoms with Gasteiger partial charge in [0.05, 0.1) is 28.9 Å². The number of nitrogens with one attached hydrogen (secondary N) is 1. The third kappa shape index (κ3) is 4.17. The lowest BCUT2D eigenvalue weighted by Crippen LogP contribution is -2.43. The molecule has 1 aliphatic heterocycles. The Morgan fingerprint density at radius 3 is 2.24 bits per heavy atom. The number of carbonyl (C=O) groups excluding carboxylic acids is 1. The first-order valence-corrected chi connectivity index (χ1v) is 12.8. The number of carbonyl (C=O) groups is 1. The molecule has 2 heterocycles. The molecule has 5 aromatic rings. The van der Waals surface area contributed by atoms with Crippen LogP contribution >= 0.6 is 0 Å². The third-order valence-corrected chi connectivity index (χ3v) is 7.55. The normalized spacial score (nSPS) is 18.8. The Kier molecular flexibility index (Phi) is 6.04. The lowest BCUT2D eigenvalue weighted by molar-refractivity contribution is -0.124. The first kappa shape index (κ1) is 24.1. The first-order chi connectivity index (χ1) is 18.4. The second-order valence-corrected chi connectivity index (χ2v) is 10.4. The summed E-state index contributed by atoms with van der Waals surface area (Å²) in [7, 11) is 0. The highest BCUT2D eigenvalue weighted by Gasteiger charge is 2.54. The lowest BCUT2D eigenvalue weighted by atomic mass is 9.82. The van der Waals surface area contributed by atoms with E-state index in [1.807, 2.05) is 73.3 Å². The van der Waals surface area contributed by atoms with E-state index in [0.717, 1.165) is 27.8 Å². The van der Waals surface area contributed by atoms with Crippen molar-refractivity contribution in [3.8, 4) is 5.69 Å². The van der Waals surface area contributed by atoms with Gasteiger partial charge >= 0.3 is 0 Å². The summed E-state index contributed by atoms with van der Waals surface area (Å²) < 4.78 is 15.2. The van der Waals surface area contributed by atoms with Crippen molar-refractivity contribution >= 4 is 22.5 Å². The van der Waals surface area contributed by atoms with E-state index in [9.17, 15) is 9.18 Å². The molecule has 4 aromatic carbocycles. The van der Waals surface area contributed by atoms with Gasteiger partial charge in [-0.05, 0) is 67.4 Å². The van der Waals surface area contributed by atoms with Gasteiger partial charge in [-0.1, -0.05) is 60.7 Å². The van der Waals surface area contributed by atoms with Gasteiger partial charge in [0.15, 0.2) is 0 Å². The average Bonchev–Trinajstić information content (AvgIpc) is 3.45. The summed E-state index contributed by atoms with van der Waals surface area (Å²) in [6.45, 7) is 4.72. The molecule has 1 unspecified atom stereocenters. The minimum atomic E-state index is -0.636. The molecule has 38 heavy (non-hydrogen) atoms. The molecule has 0 radical (unpaired) electrons. The predicted octanol–water partition coefficient (Wildman–Crippen LogP) is 6.44. The maximum atomic E-state index is 14.1. The minimum absolute atomic E-state index is 0.0715. The van der Waals surface area contributed by atoms with Gasteiger partial charge in [-0.15, -0.1) is 0 Å². The zero-order valence-corrected chi connectivity index (χ0v) is 21.4. The average molecular weight is 505 g/mol. The zero-order valence-electron chi connectivity index (χ0n) is 21.4. The Labute approximate surface area is 221 Å². The molecule has 1 aliphatic rings. The van der Waals surface area contributed by atoms with E-state index in [-0.39, 0.29) is 23.8 Å². The summed E-state index contributed by atoms with van der Waals surface area (Å²) in [5.74, 6) is -0.216. The molecule has 1 aromatic heterocycles. The molecule has 0 aliphatic carbocycles. The molecule has 2 atom stereocenters. The van der Waals surface area contributed by atoms with Crippen molar-refractivity contribution in [2.75, 3.05) is 4.90 Å². The SMILES string of the molecule is CC1(C)C(=O)N(c2ccc3c(cnn3-c3ccc(F)cc3)c2)[C@H](c2ccccc2)C1NCc1ccccc1. The van der Waals surface area contributed by atoms with Crippen LogP contribution in [0.1, 0.15) is 31.0 Å². The molecule has 190 valence electrons. The summed E-state index contributed by atoms with van der Waals surface area (Å²) in [5, 5.41) is 9.18. The number of halogens is 1. The largest absolute Gasteiger partial charge is 0.307 e. The number of fused-ring (bicyclic) bond motifs is 1. The molecule has 1 N–H and O–H groups in total. The summed E-state index contributed by atoms with van der Waals surface area (Å²) in [4.78, 5) is 16.0. The minimum Gasteiger partial charge on any atom is -0.307 e. The Balaban J connectivity index is 1.40. The van der Waals surface area contributed by atoms with Crippen LogP contribution in [0, 0.1) is 11.2 Å². The molecule has 0 bridgehead atoms. The zero-order chi connectivity index (χ0) is 26.3. The smallest absolute Gasteiger partial charge is 0.234 e. The van der Waals surface area contributed by atoms with E-state index in [4.69, 9.17) is 0 Å². The van der Waals surface area contributed by atoms with Crippen LogP contribution in [0.2, 0.25) is 0 Å². The van der Waals surface area contributed by atoms with E-state index in [1.54, 1.807) is 23.0 Å². The highest BCUT2D eigenvalue weighted by molar-refractivity contribution is 6.03. The second kappa shape index (κ2) is 9.54. The number of nitrogens with zero attached hydrogens (tertiary/aromatic N) is 3. The fraction of sp³-hybridized carbons (Fsp3) is 0.188. The van der Waals surface area contributed by atoms with Gasteiger partial charge < -0.3 is 10.2 Å². The molecule has 6 heteroatoms. The van der Waals surface area contributed by atoms with E-state index in [0.29, 0.717) is 6.54 Å². The number of hydrogen-bond acceptors (Lipinski definition) is 3. The van der Waals surface area contributed by atoms with Crippen molar-refractivity contribution in [2.45, 2.75) is 32.5 Å². The molecular weight excluding hydrogens is 475 g/mol. The Hall–Kier alpha value is -4.29. The topological polar surface area (TPSA) is 50.2 Å². The number of hydrogen-bond donors (Lipinski definition) is 1. The summed E-state index contributed by atoms with van der Waals surface area (Å²) in [6.07, 6.45) is 1.79. The van der Waals surface area contributed by atoms with Gasteiger partial charge in [-0.25, -0.2) is 9.07 Å².